The minimum atomic E-state index is -2.97. The van der Waals surface area contributed by atoms with E-state index in [9.17, 15) is 22.0 Å². The molecule has 2 atom stereocenters. The van der Waals surface area contributed by atoms with Crippen molar-refractivity contribution in [1.29, 1.82) is 0 Å². The summed E-state index contributed by atoms with van der Waals surface area (Å²) >= 11 is 0. The van der Waals surface area contributed by atoms with E-state index >= 15 is 0 Å². The number of imidazole rings is 2. The summed E-state index contributed by atoms with van der Waals surface area (Å²) in [6.45, 7) is 4.33. The zero-order valence-corrected chi connectivity index (χ0v) is 44.1. The molecule has 6 aromatic carbocycles. The van der Waals surface area contributed by atoms with Crippen LogP contribution in [0.2, 0.25) is 0 Å². The maximum atomic E-state index is 14.7. The number of halogens is 5. The molecule has 21 heteroatoms. The average Bonchev–Trinajstić information content (AvgIpc) is 4.04. The molecule has 12 rings (SSSR count). The van der Waals surface area contributed by atoms with E-state index in [1.54, 1.807) is 55.9 Å². The largest absolute Gasteiger partial charge is 0.483 e. The van der Waals surface area contributed by atoms with Gasteiger partial charge in [-0.05, 0) is 130 Å². The van der Waals surface area contributed by atoms with E-state index < -0.39 is 24.1 Å². The molecular formula is C58H57F5N12O4. The van der Waals surface area contributed by atoms with E-state index in [0.29, 0.717) is 69.5 Å². The molecular weight excluding hydrogens is 1020 g/mol. The van der Waals surface area contributed by atoms with Crippen molar-refractivity contribution in [2.75, 3.05) is 50.9 Å². The van der Waals surface area contributed by atoms with Gasteiger partial charge in [0.2, 0.25) is 0 Å². The number of aromatic nitrogens is 8. The molecule has 2 aliphatic heterocycles. The number of nitrogens with zero attached hydrogens (tertiary/aromatic N) is 10. The van der Waals surface area contributed by atoms with Crippen LogP contribution < -0.4 is 24.8 Å². The highest BCUT2D eigenvalue weighted by Crippen LogP contribution is 2.38. The number of likely N-dealkylation sites (tertiary alicyclic amines) is 2. The number of alkyl halides is 4. The van der Waals surface area contributed by atoms with Gasteiger partial charge in [-0.2, -0.15) is 0 Å². The first-order chi connectivity index (χ1) is 37.9. The van der Waals surface area contributed by atoms with Crippen molar-refractivity contribution in [2.45, 2.75) is 50.7 Å². The quantitative estimate of drug-likeness (QED) is 0.111. The zero-order chi connectivity index (χ0) is 55.6. The van der Waals surface area contributed by atoms with Crippen molar-refractivity contribution >= 4 is 66.9 Å². The van der Waals surface area contributed by atoms with Crippen molar-refractivity contribution < 1.29 is 41.3 Å². The second kappa shape index (κ2) is 22.4. The minimum Gasteiger partial charge on any atom is -0.483 e. The second-order valence-corrected chi connectivity index (χ2v) is 19.9. The number of aliphatic hydroxyl groups excluding tert-OH is 1. The first-order valence-corrected chi connectivity index (χ1v) is 25.4. The van der Waals surface area contributed by atoms with Crippen LogP contribution in [-0.4, -0.2) is 118 Å². The van der Waals surface area contributed by atoms with Crippen LogP contribution in [0.5, 0.6) is 28.7 Å². The molecule has 2 unspecified atom stereocenters. The summed E-state index contributed by atoms with van der Waals surface area (Å²) in [6.07, 6.45) is 4.14. The van der Waals surface area contributed by atoms with Gasteiger partial charge in [-0.25, -0.2) is 51.9 Å². The summed E-state index contributed by atoms with van der Waals surface area (Å²) in [5, 5.41) is 16.2. The summed E-state index contributed by atoms with van der Waals surface area (Å²) in [5.41, 5.74) is 8.34. The molecule has 0 radical (unpaired) electrons. The van der Waals surface area contributed by atoms with E-state index in [-0.39, 0.29) is 31.7 Å². The van der Waals surface area contributed by atoms with Crippen LogP contribution in [0.1, 0.15) is 24.0 Å². The second-order valence-electron chi connectivity index (χ2n) is 19.9. The Bertz CT molecular complexity index is 3810. The highest BCUT2D eigenvalue weighted by Gasteiger charge is 2.46. The molecule has 0 bridgehead atoms. The van der Waals surface area contributed by atoms with Crippen molar-refractivity contribution in [2.24, 2.45) is 14.1 Å². The maximum absolute atomic E-state index is 14.7. The molecule has 16 nitrogen and oxygen atoms in total. The molecule has 2 aliphatic rings. The number of nitrogens with one attached hydrogen (secondary N) is 2. The van der Waals surface area contributed by atoms with E-state index in [1.807, 2.05) is 116 Å². The Morgan fingerprint density at radius 3 is 1.57 bits per heavy atom. The van der Waals surface area contributed by atoms with Crippen LogP contribution in [0, 0.1) is 19.7 Å². The lowest BCUT2D eigenvalue weighted by Crippen LogP contribution is -2.52. The third-order valence-corrected chi connectivity index (χ3v) is 13.7. The Labute approximate surface area is 451 Å². The highest BCUT2D eigenvalue weighted by atomic mass is 19.3. The minimum absolute atomic E-state index is 0.170. The number of aryl methyl sites for hydroxylation is 4. The van der Waals surface area contributed by atoms with Gasteiger partial charge in [0, 0.05) is 57.1 Å². The van der Waals surface area contributed by atoms with E-state index in [0.717, 1.165) is 50.3 Å². The molecule has 79 heavy (non-hydrogen) atoms. The lowest BCUT2D eigenvalue weighted by molar-refractivity contribution is -0.145. The lowest BCUT2D eigenvalue weighted by atomic mass is 10.0. The molecule has 0 saturated carbocycles. The number of anilines is 4. The molecule has 0 aliphatic carbocycles. The predicted octanol–water partition coefficient (Wildman–Crippen LogP) is 11.9. The summed E-state index contributed by atoms with van der Waals surface area (Å²) in [4.78, 5) is 29.0. The standard InChI is InChI=1S/C29H28F2N6O2.C23H18FN5O.C6H11F2NO/c1-18-13-19(7-10-24(18)38-20-8-9-23-22(14-20)34-17-37(23)3)35-28-27-21(32-16-33-28)5-4-6-25(27)39-26-11-12-36(2)15-29(26,30)31;1-14-10-15(28-23-22-17(24)4-3-5-18(22)25-12-26-23)6-9-21(14)30-16-7-8-20-19(11-16)27-13-29(20)2;1-9-3-2-5(10)6(7,8)4-9/h4-10,13-14,16-17,26H,11-12,15H2,1-3H3,(H,32,33,35);3-13H,1-2H3,(H,25,26,28);5,10H,2-4H2,1H3. The maximum Gasteiger partial charge on any atom is 0.296 e. The van der Waals surface area contributed by atoms with Gasteiger partial charge in [0.1, 0.15) is 65.0 Å². The van der Waals surface area contributed by atoms with Crippen molar-refractivity contribution in [3.63, 3.8) is 0 Å². The highest BCUT2D eigenvalue weighted by molar-refractivity contribution is 5.96. The molecule has 0 amide bonds. The molecule has 10 aromatic rings. The monoisotopic (exact) mass is 1080 g/mol. The van der Waals surface area contributed by atoms with Crippen LogP contribution in [0.3, 0.4) is 0 Å². The molecule has 2 saturated heterocycles. The van der Waals surface area contributed by atoms with Gasteiger partial charge < -0.3 is 48.9 Å². The van der Waals surface area contributed by atoms with Gasteiger partial charge in [0.15, 0.2) is 6.10 Å². The smallest absolute Gasteiger partial charge is 0.296 e. The number of aliphatic hydroxyl groups is 1. The van der Waals surface area contributed by atoms with E-state index in [1.165, 1.54) is 23.6 Å². The normalized spacial score (nSPS) is 17.2. The van der Waals surface area contributed by atoms with Crippen molar-refractivity contribution in [3.05, 3.63) is 151 Å². The Balaban J connectivity index is 0.000000155. The van der Waals surface area contributed by atoms with Gasteiger partial charge in [-0.1, -0.05) is 12.1 Å². The fourth-order valence-corrected chi connectivity index (χ4v) is 9.49. The van der Waals surface area contributed by atoms with Gasteiger partial charge in [-0.3, -0.25) is 0 Å². The third-order valence-electron chi connectivity index (χ3n) is 13.7. The summed E-state index contributed by atoms with van der Waals surface area (Å²) < 4.78 is 90.9. The number of fused-ring (bicyclic) bond motifs is 4. The zero-order valence-electron chi connectivity index (χ0n) is 44.1. The molecule has 2 fully saturated rings. The molecule has 6 heterocycles. The number of ether oxygens (including phenoxy) is 3. The van der Waals surface area contributed by atoms with Crippen molar-refractivity contribution in [3.8, 4) is 28.7 Å². The number of hydrogen-bond acceptors (Lipinski definition) is 14. The van der Waals surface area contributed by atoms with Crippen molar-refractivity contribution in [1.82, 2.24) is 48.8 Å². The molecule has 408 valence electrons. The average molecular weight is 1080 g/mol. The van der Waals surface area contributed by atoms with Crippen LogP contribution in [0.4, 0.5) is 45.0 Å². The number of piperidine rings is 2. The van der Waals surface area contributed by atoms with Gasteiger partial charge in [-0.15, -0.1) is 0 Å². The van der Waals surface area contributed by atoms with Crippen LogP contribution in [0.25, 0.3) is 43.9 Å². The number of hydrogen-bond donors (Lipinski definition) is 3. The first kappa shape index (κ1) is 53.9. The number of rotatable bonds is 10. The molecule has 0 spiro atoms. The molecule has 3 N–H and O–H groups in total. The van der Waals surface area contributed by atoms with E-state index in [4.69, 9.17) is 19.3 Å². The SMILES string of the molecule is CN1CCC(O)C(F)(F)C1.Cc1cc(Nc2ncnc3cccc(F)c23)ccc1Oc1ccc2c(c1)ncn2C.Cc1cc(Nc2ncnc3cccc(OC4CCN(C)CC4(F)F)c23)ccc1Oc1ccc2c(c1)ncn2C. The Morgan fingerprint density at radius 1 is 0.544 bits per heavy atom. The van der Waals surface area contributed by atoms with Gasteiger partial charge >= 0.3 is 0 Å². The Morgan fingerprint density at radius 2 is 1.05 bits per heavy atom. The topological polar surface area (TPSA) is 166 Å². The van der Waals surface area contributed by atoms with Crippen LogP contribution in [-0.2, 0) is 14.1 Å². The summed E-state index contributed by atoms with van der Waals surface area (Å²) in [6, 6.07) is 33.0. The van der Waals surface area contributed by atoms with Gasteiger partial charge in [0.05, 0.1) is 69.6 Å². The Kier molecular flexibility index (Phi) is 15.3. The predicted molar refractivity (Wildman–Crippen MR) is 294 cm³/mol. The summed E-state index contributed by atoms with van der Waals surface area (Å²) in [5.74, 6) is -2.17. The van der Waals surface area contributed by atoms with Crippen LogP contribution in [0.15, 0.2) is 135 Å². The van der Waals surface area contributed by atoms with E-state index in [2.05, 4.69) is 40.5 Å². The van der Waals surface area contributed by atoms with Crippen LogP contribution >= 0.6 is 0 Å². The summed E-state index contributed by atoms with van der Waals surface area (Å²) in [7, 11) is 7.22. The van der Waals surface area contributed by atoms with Gasteiger partial charge in [0.25, 0.3) is 11.8 Å². The number of benzene rings is 6. The molecule has 4 aromatic heterocycles. The fourth-order valence-electron chi connectivity index (χ4n) is 9.49. The lowest BCUT2D eigenvalue weighted by Gasteiger charge is -2.36. The third kappa shape index (κ3) is 12.1. The Hall–Kier alpha value is -8.53. The first-order valence-electron chi connectivity index (χ1n) is 25.4. The fraction of sp³-hybridized carbons (Fsp3) is 0.276.